The summed E-state index contributed by atoms with van der Waals surface area (Å²) in [7, 11) is 0. The minimum atomic E-state index is -0.200. The lowest BCUT2D eigenvalue weighted by atomic mass is 10.1. The summed E-state index contributed by atoms with van der Waals surface area (Å²) in [6.07, 6.45) is 4.18. The van der Waals surface area contributed by atoms with Crippen molar-refractivity contribution in [1.82, 2.24) is 19.7 Å². The highest BCUT2D eigenvalue weighted by Crippen LogP contribution is 2.43. The number of benzene rings is 1. The van der Waals surface area contributed by atoms with Crippen molar-refractivity contribution in [3.05, 3.63) is 52.9 Å². The molecule has 0 bridgehead atoms. The lowest BCUT2D eigenvalue weighted by molar-refractivity contribution is 0.0986. The monoisotopic (exact) mass is 469 g/mol. The second-order valence-electron chi connectivity index (χ2n) is 9.45. The van der Waals surface area contributed by atoms with Gasteiger partial charge in [0.2, 0.25) is 0 Å². The van der Waals surface area contributed by atoms with E-state index < -0.39 is 0 Å². The maximum Gasteiger partial charge on any atom is 0.261 e. The van der Waals surface area contributed by atoms with Crippen LogP contribution in [-0.4, -0.2) is 45.5 Å². The van der Waals surface area contributed by atoms with Crippen molar-refractivity contribution in [1.29, 1.82) is 5.26 Å². The first-order valence-corrected chi connectivity index (χ1v) is 12.1. The molecule has 9 nitrogen and oxygen atoms in total. The molecular weight excluding hydrogens is 442 g/mol. The lowest BCUT2D eigenvalue weighted by Gasteiger charge is -2.34. The fraction of sp³-hybridized carbons (Fsp3) is 0.385. The maximum absolute atomic E-state index is 12.8. The number of nitriles is 1. The fourth-order valence-electron chi connectivity index (χ4n) is 5.02. The van der Waals surface area contributed by atoms with Crippen LogP contribution < -0.4 is 15.8 Å². The number of H-pyrrole nitrogens is 1. The van der Waals surface area contributed by atoms with E-state index in [0.717, 1.165) is 47.3 Å². The molecule has 1 saturated carbocycles. The topological polar surface area (TPSA) is 112 Å². The van der Waals surface area contributed by atoms with Crippen LogP contribution in [0.4, 0.5) is 17.3 Å². The van der Waals surface area contributed by atoms with Gasteiger partial charge in [-0.2, -0.15) is 10.4 Å². The Kier molecular flexibility index (Phi) is 5.38. The number of anilines is 3. The third kappa shape index (κ3) is 4.00. The molecule has 2 atom stereocenters. The molecule has 0 amide bonds. The van der Waals surface area contributed by atoms with Gasteiger partial charge < -0.3 is 19.9 Å². The number of hydrogen-bond donors (Lipinski definition) is 2. The zero-order chi connectivity index (χ0) is 23.9. The van der Waals surface area contributed by atoms with Crippen LogP contribution in [0, 0.1) is 17.2 Å². The molecule has 4 aromatic rings. The quantitative estimate of drug-likeness (QED) is 0.437. The summed E-state index contributed by atoms with van der Waals surface area (Å²) in [5.41, 5.74) is 2.28. The van der Waals surface area contributed by atoms with Gasteiger partial charge >= 0.3 is 0 Å². The van der Waals surface area contributed by atoms with E-state index in [-0.39, 0.29) is 17.6 Å². The number of aromatic amines is 1. The second kappa shape index (κ2) is 8.71. The third-order valence-electron chi connectivity index (χ3n) is 7.01. The van der Waals surface area contributed by atoms with Gasteiger partial charge in [0.1, 0.15) is 11.2 Å². The first-order valence-electron chi connectivity index (χ1n) is 12.1. The zero-order valence-electron chi connectivity index (χ0n) is 19.6. The van der Waals surface area contributed by atoms with Crippen molar-refractivity contribution < 1.29 is 4.74 Å². The molecule has 1 aliphatic carbocycles. The summed E-state index contributed by atoms with van der Waals surface area (Å²) in [6, 6.07) is 14.5. The van der Waals surface area contributed by atoms with Crippen molar-refractivity contribution in [2.24, 2.45) is 5.92 Å². The Morgan fingerprint density at radius 1 is 1.29 bits per heavy atom. The van der Waals surface area contributed by atoms with Gasteiger partial charge in [-0.1, -0.05) is 0 Å². The maximum atomic E-state index is 12.8. The molecule has 0 radical (unpaired) electrons. The van der Waals surface area contributed by atoms with E-state index in [0.29, 0.717) is 36.8 Å². The molecule has 4 heterocycles. The number of ether oxygens (including phenoxy) is 1. The highest BCUT2D eigenvalue weighted by Gasteiger charge is 2.34. The van der Waals surface area contributed by atoms with Gasteiger partial charge in [-0.3, -0.25) is 9.48 Å². The summed E-state index contributed by atoms with van der Waals surface area (Å²) < 4.78 is 7.42. The van der Waals surface area contributed by atoms with Gasteiger partial charge in [0, 0.05) is 23.8 Å². The molecule has 2 fully saturated rings. The summed E-state index contributed by atoms with van der Waals surface area (Å²) in [5.74, 6) is 1.88. The standard InChI is InChI=1S/C26H27N7O2/c1-16-15-35-13-12-32(16)23-7-4-18-14-19(5-6-20(18)30-23)29-25-24-22(9-11-28-26(24)34)33(31-25)21(8-10-27)17-2-3-17/h4-7,9,11,14,16-17,21H,2-3,8,12-13,15H2,1H3,(H,28,34)(H,29,31)/t16-,21?/m0/s1. The first kappa shape index (κ1) is 21.6. The number of morpholine rings is 1. The first-order chi connectivity index (χ1) is 17.1. The Hall–Kier alpha value is -3.90. The molecule has 0 spiro atoms. The number of fused-ring (bicyclic) bond motifs is 2. The highest BCUT2D eigenvalue weighted by atomic mass is 16.5. The third-order valence-corrected chi connectivity index (χ3v) is 7.01. The van der Waals surface area contributed by atoms with Gasteiger partial charge in [0.25, 0.3) is 5.56 Å². The zero-order valence-corrected chi connectivity index (χ0v) is 19.6. The van der Waals surface area contributed by atoms with Crippen LogP contribution in [0.1, 0.15) is 32.2 Å². The van der Waals surface area contributed by atoms with Gasteiger partial charge in [-0.05, 0) is 62.1 Å². The van der Waals surface area contributed by atoms with Crippen molar-refractivity contribution in [3.63, 3.8) is 0 Å². The SMILES string of the molecule is C[C@H]1COCCN1c1ccc2cc(Nc3nn(C(CC#N)C4CC4)c4cc[nH]c(=O)c34)ccc2n1. The van der Waals surface area contributed by atoms with E-state index in [2.05, 4.69) is 34.3 Å². The Bertz CT molecular complexity index is 1500. The Morgan fingerprint density at radius 3 is 2.97 bits per heavy atom. The number of rotatable bonds is 6. The van der Waals surface area contributed by atoms with Gasteiger partial charge in [0.05, 0.1) is 48.8 Å². The Balaban J connectivity index is 1.34. The highest BCUT2D eigenvalue weighted by molar-refractivity contribution is 5.92. The summed E-state index contributed by atoms with van der Waals surface area (Å²) in [5, 5.41) is 19.0. The van der Waals surface area contributed by atoms with Crippen molar-refractivity contribution in [3.8, 4) is 6.07 Å². The Labute approximate surface area is 202 Å². The number of aromatic nitrogens is 4. The normalized spacial score (nSPS) is 19.1. The molecular formula is C26H27N7O2. The summed E-state index contributed by atoms with van der Waals surface area (Å²) in [4.78, 5) is 22.7. The van der Waals surface area contributed by atoms with E-state index in [1.165, 1.54) is 0 Å². The van der Waals surface area contributed by atoms with E-state index in [9.17, 15) is 10.1 Å². The smallest absolute Gasteiger partial charge is 0.261 e. The van der Waals surface area contributed by atoms with Crippen molar-refractivity contribution in [2.75, 3.05) is 30.0 Å². The average Bonchev–Trinajstić information content (AvgIpc) is 3.65. The van der Waals surface area contributed by atoms with Crippen molar-refractivity contribution >= 4 is 39.1 Å². The summed E-state index contributed by atoms with van der Waals surface area (Å²) in [6.45, 7) is 4.39. The minimum Gasteiger partial charge on any atom is -0.377 e. The number of nitrogens with one attached hydrogen (secondary N) is 2. The molecule has 1 saturated heterocycles. The fourth-order valence-corrected chi connectivity index (χ4v) is 5.02. The van der Waals surface area contributed by atoms with Crippen LogP contribution in [-0.2, 0) is 4.74 Å². The van der Waals surface area contributed by atoms with E-state index >= 15 is 0 Å². The van der Waals surface area contributed by atoms with E-state index in [4.69, 9.17) is 14.8 Å². The molecule has 35 heavy (non-hydrogen) atoms. The molecule has 3 aromatic heterocycles. The van der Waals surface area contributed by atoms with Gasteiger partial charge in [-0.15, -0.1) is 0 Å². The number of nitrogens with zero attached hydrogens (tertiary/aromatic N) is 5. The number of hydrogen-bond acceptors (Lipinski definition) is 7. The minimum absolute atomic E-state index is 0.0262. The van der Waals surface area contributed by atoms with Crippen LogP contribution >= 0.6 is 0 Å². The molecule has 1 aromatic carbocycles. The summed E-state index contributed by atoms with van der Waals surface area (Å²) >= 11 is 0. The van der Waals surface area contributed by atoms with Crippen LogP contribution in [0.25, 0.3) is 21.8 Å². The Morgan fingerprint density at radius 2 is 2.17 bits per heavy atom. The molecule has 9 heteroatoms. The number of pyridine rings is 2. The molecule has 1 aliphatic heterocycles. The predicted octanol–water partition coefficient (Wildman–Crippen LogP) is 4.11. The van der Waals surface area contributed by atoms with Crippen LogP contribution in [0.2, 0.25) is 0 Å². The van der Waals surface area contributed by atoms with Gasteiger partial charge in [0.15, 0.2) is 5.82 Å². The average molecular weight is 470 g/mol. The molecule has 178 valence electrons. The van der Waals surface area contributed by atoms with Crippen LogP contribution in [0.5, 0.6) is 0 Å². The molecule has 2 aliphatic rings. The van der Waals surface area contributed by atoms with E-state index in [1.807, 2.05) is 35.0 Å². The van der Waals surface area contributed by atoms with Crippen LogP contribution in [0.3, 0.4) is 0 Å². The van der Waals surface area contributed by atoms with Gasteiger partial charge in [-0.25, -0.2) is 4.98 Å². The van der Waals surface area contributed by atoms with Crippen molar-refractivity contribution in [2.45, 2.75) is 38.3 Å². The second-order valence-corrected chi connectivity index (χ2v) is 9.45. The molecule has 1 unspecified atom stereocenters. The van der Waals surface area contributed by atoms with Crippen LogP contribution in [0.15, 0.2) is 47.4 Å². The van der Waals surface area contributed by atoms with E-state index in [1.54, 1.807) is 6.20 Å². The largest absolute Gasteiger partial charge is 0.377 e. The molecule has 2 N–H and O–H groups in total. The molecule has 6 rings (SSSR count). The lowest BCUT2D eigenvalue weighted by Crippen LogP contribution is -2.44. The predicted molar refractivity (Wildman–Crippen MR) is 135 cm³/mol.